The zero-order valence-electron chi connectivity index (χ0n) is 18.0. The van der Waals surface area contributed by atoms with Gasteiger partial charge in [0.2, 0.25) is 11.8 Å². The van der Waals surface area contributed by atoms with E-state index in [0.717, 1.165) is 11.3 Å². The van der Waals surface area contributed by atoms with Crippen molar-refractivity contribution in [2.45, 2.75) is 16.1 Å². The van der Waals surface area contributed by atoms with Gasteiger partial charge in [-0.3, -0.25) is 29.4 Å². The first kappa shape index (κ1) is 23.8. The Labute approximate surface area is 216 Å². The van der Waals surface area contributed by atoms with E-state index in [9.17, 15) is 29.3 Å². The van der Waals surface area contributed by atoms with Crippen LogP contribution in [0.5, 0.6) is 0 Å². The van der Waals surface area contributed by atoms with E-state index in [0.29, 0.717) is 5.69 Å². The largest absolute Gasteiger partial charge is 0.454 e. The number of benzene rings is 2. The molecule has 2 aromatic rings. The van der Waals surface area contributed by atoms with Crippen LogP contribution in [0.4, 0.5) is 11.4 Å². The Morgan fingerprint density at radius 1 is 0.971 bits per heavy atom. The second kappa shape index (κ2) is 8.94. The van der Waals surface area contributed by atoms with Crippen molar-refractivity contribution in [2.24, 2.45) is 23.7 Å². The average Bonchev–Trinajstić information content (AvgIpc) is 3.47. The maximum Gasteiger partial charge on any atom is 0.338 e. The molecular formula is C24H18Br2N2O7. The lowest BCUT2D eigenvalue weighted by molar-refractivity contribution is -0.384. The number of nitro groups is 1. The molecule has 1 aliphatic heterocycles. The van der Waals surface area contributed by atoms with Crippen molar-refractivity contribution in [2.75, 3.05) is 11.5 Å². The molecule has 11 heteroatoms. The molecule has 35 heavy (non-hydrogen) atoms. The molecule has 6 atom stereocenters. The van der Waals surface area contributed by atoms with Crippen molar-refractivity contribution >= 4 is 66.8 Å². The highest BCUT2D eigenvalue weighted by molar-refractivity contribution is 9.12. The van der Waals surface area contributed by atoms with Crippen LogP contribution in [0.1, 0.15) is 27.1 Å². The molecule has 0 aromatic heterocycles. The van der Waals surface area contributed by atoms with E-state index in [4.69, 9.17) is 4.74 Å². The molecule has 1 saturated heterocycles. The Balaban J connectivity index is 1.28. The molecule has 2 aromatic carbocycles. The normalized spacial score (nSPS) is 28.8. The quantitative estimate of drug-likeness (QED) is 0.122. The summed E-state index contributed by atoms with van der Waals surface area (Å²) in [4.78, 5) is 62.9. The Hall–Kier alpha value is -2.92. The van der Waals surface area contributed by atoms with Gasteiger partial charge in [-0.25, -0.2) is 4.79 Å². The van der Waals surface area contributed by atoms with Gasteiger partial charge in [0.05, 0.1) is 28.0 Å². The van der Waals surface area contributed by atoms with Crippen molar-refractivity contribution < 1.29 is 28.8 Å². The maximum absolute atomic E-state index is 13.2. The summed E-state index contributed by atoms with van der Waals surface area (Å²) in [5, 5.41) is 10.7. The number of non-ortho nitro benzene ring substituents is 1. The number of rotatable bonds is 6. The molecule has 9 nitrogen and oxygen atoms in total. The molecular weight excluding hydrogens is 588 g/mol. The number of nitro benzene ring substituents is 1. The smallest absolute Gasteiger partial charge is 0.338 e. The van der Waals surface area contributed by atoms with Crippen LogP contribution in [0, 0.1) is 33.8 Å². The number of carbonyl (C=O) groups excluding carboxylic acids is 4. The van der Waals surface area contributed by atoms with Crippen LogP contribution >= 0.6 is 31.9 Å². The first-order chi connectivity index (χ1) is 16.7. The van der Waals surface area contributed by atoms with Gasteiger partial charge < -0.3 is 4.74 Å². The van der Waals surface area contributed by atoms with E-state index in [1.54, 1.807) is 12.1 Å². The van der Waals surface area contributed by atoms with E-state index in [1.807, 2.05) is 0 Å². The molecule has 2 aliphatic carbocycles. The summed E-state index contributed by atoms with van der Waals surface area (Å²) < 4.78 is 5.12. The van der Waals surface area contributed by atoms with E-state index >= 15 is 0 Å². The van der Waals surface area contributed by atoms with Crippen LogP contribution in [0.15, 0.2) is 48.5 Å². The zero-order valence-corrected chi connectivity index (χ0v) is 21.2. The van der Waals surface area contributed by atoms with Crippen molar-refractivity contribution in [3.8, 4) is 0 Å². The number of carbonyl (C=O) groups is 4. The van der Waals surface area contributed by atoms with Gasteiger partial charge in [0.25, 0.3) is 5.69 Å². The summed E-state index contributed by atoms with van der Waals surface area (Å²) in [5.41, 5.74) is 0.400. The number of nitrogens with zero attached hydrogens (tertiary/aromatic N) is 2. The molecule has 180 valence electrons. The SMILES string of the molecule is O=C(COC(=O)c1cccc(N2C(=O)[C@@H]3[C@H]4C[C@@H]([C@H](Br)[C@@H]4Br)[C@@H]3C2=O)c1)c1ccc([N+](=O)[O-])cc1. The Bertz CT molecular complexity index is 1230. The highest BCUT2D eigenvalue weighted by Gasteiger charge is 2.66. The van der Waals surface area contributed by atoms with Gasteiger partial charge in [0.1, 0.15) is 0 Å². The minimum absolute atomic E-state index is 0.0782. The number of fused-ring (bicyclic) bond motifs is 5. The third-order valence-corrected chi connectivity index (χ3v) is 10.3. The van der Waals surface area contributed by atoms with Gasteiger partial charge in [0, 0.05) is 27.4 Å². The molecule has 3 aliphatic rings. The summed E-state index contributed by atoms with van der Waals surface area (Å²) >= 11 is 7.32. The number of ketones is 1. The third-order valence-electron chi connectivity index (χ3n) is 7.06. The second-order valence-electron chi connectivity index (χ2n) is 8.87. The van der Waals surface area contributed by atoms with Gasteiger partial charge >= 0.3 is 5.97 Å². The molecule has 3 fully saturated rings. The van der Waals surface area contributed by atoms with Crippen molar-refractivity contribution in [1.29, 1.82) is 0 Å². The van der Waals surface area contributed by atoms with Gasteiger partial charge in [-0.2, -0.15) is 0 Å². The monoisotopic (exact) mass is 604 g/mol. The number of hydrogen-bond donors (Lipinski definition) is 0. The number of Topliss-reactive ketones (excluding diaryl/α,β-unsaturated/α-hetero) is 1. The average molecular weight is 606 g/mol. The van der Waals surface area contributed by atoms with E-state index in [1.165, 1.54) is 36.4 Å². The number of anilines is 1. The number of alkyl halides is 2. The molecule has 2 saturated carbocycles. The fraction of sp³-hybridized carbons (Fsp3) is 0.333. The van der Waals surface area contributed by atoms with Crippen LogP contribution < -0.4 is 4.90 Å². The number of imide groups is 1. The standard InChI is InChI=1S/C24H18Br2N2O7/c25-20-15-9-16(21(20)26)19-18(15)22(30)27(23(19)31)14-3-1-2-12(8-14)24(32)35-10-17(29)11-4-6-13(7-5-11)28(33)34/h1-8,15-16,18-21H,9-10H2/t15-,16-,18-,19+,20-,21+/m1/s1. The summed E-state index contributed by atoms with van der Waals surface area (Å²) in [6.07, 6.45) is 0.821. The van der Waals surface area contributed by atoms with Crippen LogP contribution in [0.25, 0.3) is 0 Å². The molecule has 0 radical (unpaired) electrons. The lowest BCUT2D eigenvalue weighted by Crippen LogP contribution is -2.37. The predicted octanol–water partition coefficient (Wildman–Crippen LogP) is 3.92. The van der Waals surface area contributed by atoms with Gasteiger partial charge in [-0.05, 0) is 48.6 Å². The Morgan fingerprint density at radius 3 is 2.14 bits per heavy atom. The summed E-state index contributed by atoms with van der Waals surface area (Å²) in [7, 11) is 0. The second-order valence-corrected chi connectivity index (χ2v) is 11.0. The third kappa shape index (κ3) is 3.90. The molecule has 0 unspecified atom stereocenters. The molecule has 0 N–H and O–H groups in total. The maximum atomic E-state index is 13.2. The molecule has 5 rings (SSSR count). The van der Waals surface area contributed by atoms with Crippen molar-refractivity contribution in [1.82, 2.24) is 0 Å². The van der Waals surface area contributed by atoms with E-state index in [-0.39, 0.29) is 62.0 Å². The summed E-state index contributed by atoms with van der Waals surface area (Å²) in [6, 6.07) is 11.0. The van der Waals surface area contributed by atoms with Gasteiger partial charge in [-0.15, -0.1) is 0 Å². The highest BCUT2D eigenvalue weighted by atomic mass is 79.9. The van der Waals surface area contributed by atoms with Crippen molar-refractivity contribution in [3.63, 3.8) is 0 Å². The molecule has 2 bridgehead atoms. The number of esters is 1. The Morgan fingerprint density at radius 2 is 1.57 bits per heavy atom. The lowest BCUT2D eigenvalue weighted by atomic mass is 9.81. The molecule has 0 spiro atoms. The number of amides is 2. The van der Waals surface area contributed by atoms with Gasteiger partial charge in [-0.1, -0.05) is 37.9 Å². The number of ether oxygens (including phenoxy) is 1. The highest BCUT2D eigenvalue weighted by Crippen LogP contribution is 2.60. The van der Waals surface area contributed by atoms with Crippen LogP contribution in [-0.4, -0.2) is 44.8 Å². The van der Waals surface area contributed by atoms with Crippen molar-refractivity contribution in [3.05, 3.63) is 69.8 Å². The fourth-order valence-corrected chi connectivity index (χ4v) is 7.32. The minimum Gasteiger partial charge on any atom is -0.454 e. The zero-order chi connectivity index (χ0) is 25.0. The topological polar surface area (TPSA) is 124 Å². The van der Waals surface area contributed by atoms with Crippen LogP contribution in [0.2, 0.25) is 0 Å². The van der Waals surface area contributed by atoms with Crippen LogP contribution in [0.3, 0.4) is 0 Å². The van der Waals surface area contributed by atoms with Gasteiger partial charge in [0.15, 0.2) is 12.4 Å². The first-order valence-corrected chi connectivity index (χ1v) is 12.7. The summed E-state index contributed by atoms with van der Waals surface area (Å²) in [6.45, 7) is -0.560. The van der Waals surface area contributed by atoms with Crippen LogP contribution in [-0.2, 0) is 14.3 Å². The first-order valence-electron chi connectivity index (χ1n) is 10.9. The molecule has 1 heterocycles. The summed E-state index contributed by atoms with van der Waals surface area (Å²) in [5.74, 6) is -2.41. The fourth-order valence-electron chi connectivity index (χ4n) is 5.44. The Kier molecular flexibility index (Phi) is 6.08. The van der Waals surface area contributed by atoms with E-state index in [2.05, 4.69) is 31.9 Å². The minimum atomic E-state index is -0.789. The number of halogens is 2. The predicted molar refractivity (Wildman–Crippen MR) is 131 cm³/mol. The number of hydrogen-bond acceptors (Lipinski definition) is 7. The lowest BCUT2D eigenvalue weighted by Gasteiger charge is -2.28. The molecule has 2 amide bonds. The van der Waals surface area contributed by atoms with E-state index < -0.39 is 23.3 Å².